The van der Waals surface area contributed by atoms with Gasteiger partial charge in [-0.2, -0.15) is 0 Å². The summed E-state index contributed by atoms with van der Waals surface area (Å²) in [5.74, 6) is -0.158. The third-order valence-corrected chi connectivity index (χ3v) is 3.91. The van der Waals surface area contributed by atoms with Crippen LogP contribution in [0.5, 0.6) is 0 Å². The average molecular weight is 190 g/mol. The topological polar surface area (TPSA) is 58.2 Å². The molecular formula is C5H6N2O2S2. The molecule has 0 radical (unpaired) electrons. The molecule has 2 unspecified atom stereocenters. The molecule has 0 aromatic carbocycles. The average Bonchev–Trinajstić information content (AvgIpc) is 2.21. The first-order valence-corrected chi connectivity index (χ1v) is 5.21. The predicted molar refractivity (Wildman–Crippen MR) is 43.9 cm³/mol. The van der Waals surface area contributed by atoms with E-state index in [4.69, 9.17) is 0 Å². The molecule has 60 valence electrons. The number of thioether (sulfide) groups is 2. The van der Waals surface area contributed by atoms with Gasteiger partial charge in [0, 0.05) is 5.08 Å². The molecule has 6 heteroatoms. The van der Waals surface area contributed by atoms with Gasteiger partial charge in [-0.05, 0) is 0 Å². The Morgan fingerprint density at radius 2 is 1.55 bits per heavy atom. The number of amides is 2. The lowest BCUT2D eigenvalue weighted by Crippen LogP contribution is -2.57. The van der Waals surface area contributed by atoms with E-state index in [1.807, 2.05) is 0 Å². The molecule has 2 bridgehead atoms. The van der Waals surface area contributed by atoms with Crippen molar-refractivity contribution in [3.63, 3.8) is 0 Å². The first kappa shape index (κ1) is 7.30. The maximum Gasteiger partial charge on any atom is 0.254 e. The smallest absolute Gasteiger partial charge is 0.254 e. The lowest BCUT2D eigenvalue weighted by atomic mass is 10.4. The molecule has 3 saturated heterocycles. The van der Waals surface area contributed by atoms with Gasteiger partial charge in [-0.3, -0.25) is 9.59 Å². The zero-order valence-electron chi connectivity index (χ0n) is 5.49. The number of carbonyl (C=O) groups is 2. The van der Waals surface area contributed by atoms with Crippen LogP contribution in [-0.2, 0) is 9.59 Å². The number of nitrogens with one attached hydrogen (secondary N) is 2. The van der Waals surface area contributed by atoms with Crippen LogP contribution in [0.15, 0.2) is 0 Å². The van der Waals surface area contributed by atoms with Crippen LogP contribution < -0.4 is 10.6 Å². The number of hydrogen-bond acceptors (Lipinski definition) is 4. The summed E-state index contributed by atoms with van der Waals surface area (Å²) < 4.78 is 0. The summed E-state index contributed by atoms with van der Waals surface area (Å²) in [5, 5.41) is 5.29. The molecule has 2 N–H and O–H groups in total. The molecule has 4 nitrogen and oxygen atoms in total. The second-order valence-electron chi connectivity index (χ2n) is 2.23. The van der Waals surface area contributed by atoms with Crippen molar-refractivity contribution in [3.8, 4) is 0 Å². The number of carbonyl (C=O) groups excluding carboxylic acids is 2. The largest absolute Gasteiger partial charge is 0.333 e. The summed E-state index contributed by atoms with van der Waals surface area (Å²) in [7, 11) is 0. The summed E-state index contributed by atoms with van der Waals surface area (Å²) >= 11 is 2.91. The normalized spacial score (nSPS) is 36.0. The fourth-order valence-electron chi connectivity index (χ4n) is 0.951. The first-order valence-electron chi connectivity index (χ1n) is 3.11. The standard InChI is InChI=1S/C5H6N2O2S2/c8-2-4-7-3(9)5(6-2)11-1-10-4/h4-5H,1H2,(H,6,8)(H,7,9). The van der Waals surface area contributed by atoms with Gasteiger partial charge in [0.05, 0.1) is 0 Å². The van der Waals surface area contributed by atoms with Gasteiger partial charge >= 0.3 is 0 Å². The van der Waals surface area contributed by atoms with Crippen molar-refractivity contribution in [2.75, 3.05) is 5.08 Å². The van der Waals surface area contributed by atoms with E-state index in [0.717, 1.165) is 5.08 Å². The van der Waals surface area contributed by atoms with Crippen LogP contribution in [-0.4, -0.2) is 27.6 Å². The van der Waals surface area contributed by atoms with Crippen molar-refractivity contribution in [1.29, 1.82) is 0 Å². The van der Waals surface area contributed by atoms with Gasteiger partial charge in [0.15, 0.2) is 10.7 Å². The predicted octanol–water partition coefficient (Wildman–Crippen LogP) is -0.678. The lowest BCUT2D eigenvalue weighted by molar-refractivity contribution is -0.132. The highest BCUT2D eigenvalue weighted by atomic mass is 32.2. The van der Waals surface area contributed by atoms with Crippen molar-refractivity contribution in [1.82, 2.24) is 10.6 Å². The van der Waals surface area contributed by atoms with Gasteiger partial charge in [-0.15, -0.1) is 23.5 Å². The molecule has 3 fully saturated rings. The van der Waals surface area contributed by atoms with Gasteiger partial charge in [0.25, 0.3) is 11.8 Å². The summed E-state index contributed by atoms with van der Waals surface area (Å²) in [6.45, 7) is 0. The Bertz CT molecular complexity index is 199. The maximum atomic E-state index is 11.1. The molecule has 0 saturated carbocycles. The van der Waals surface area contributed by atoms with Gasteiger partial charge < -0.3 is 10.6 Å². The Balaban J connectivity index is 2.24. The molecule has 0 spiro atoms. The van der Waals surface area contributed by atoms with E-state index in [1.165, 1.54) is 23.5 Å². The molecule has 3 rings (SSSR count). The molecule has 3 heterocycles. The number of piperazine rings is 1. The molecule has 3 aliphatic rings. The number of hydrogen-bond donors (Lipinski definition) is 2. The minimum Gasteiger partial charge on any atom is -0.333 e. The van der Waals surface area contributed by atoms with Crippen LogP contribution >= 0.6 is 23.5 Å². The molecule has 11 heavy (non-hydrogen) atoms. The van der Waals surface area contributed by atoms with Gasteiger partial charge in [0.2, 0.25) is 0 Å². The third kappa shape index (κ3) is 1.20. The molecule has 2 atom stereocenters. The van der Waals surface area contributed by atoms with Crippen molar-refractivity contribution in [3.05, 3.63) is 0 Å². The van der Waals surface area contributed by atoms with Crippen LogP contribution in [0.4, 0.5) is 0 Å². The highest BCUT2D eigenvalue weighted by Gasteiger charge is 2.37. The van der Waals surface area contributed by atoms with Crippen molar-refractivity contribution < 1.29 is 9.59 Å². The SMILES string of the molecule is O=C1NC2SCSC1NC2=O. The summed E-state index contributed by atoms with van der Waals surface area (Å²) in [6.07, 6.45) is 0. The first-order chi connectivity index (χ1) is 5.27. The van der Waals surface area contributed by atoms with Crippen LogP contribution in [0, 0.1) is 0 Å². The zero-order valence-corrected chi connectivity index (χ0v) is 7.13. The van der Waals surface area contributed by atoms with Crippen LogP contribution in [0.3, 0.4) is 0 Å². The van der Waals surface area contributed by atoms with Gasteiger partial charge in [-0.25, -0.2) is 0 Å². The van der Waals surface area contributed by atoms with Crippen LogP contribution in [0.25, 0.3) is 0 Å². The fourth-order valence-corrected chi connectivity index (χ4v) is 3.19. The molecular weight excluding hydrogens is 184 g/mol. The lowest BCUT2D eigenvalue weighted by Gasteiger charge is -2.22. The summed E-state index contributed by atoms with van der Waals surface area (Å²) in [6, 6.07) is 0. The second kappa shape index (κ2) is 2.60. The molecule has 0 aliphatic carbocycles. The van der Waals surface area contributed by atoms with E-state index < -0.39 is 0 Å². The Morgan fingerprint density at radius 3 is 2.00 bits per heavy atom. The summed E-state index contributed by atoms with van der Waals surface area (Å²) in [5.41, 5.74) is 0. The zero-order chi connectivity index (χ0) is 7.84. The molecule has 0 aromatic heterocycles. The van der Waals surface area contributed by atoms with Crippen molar-refractivity contribution >= 4 is 35.3 Å². The Labute approximate surface area is 71.9 Å². The number of rotatable bonds is 0. The highest BCUT2D eigenvalue weighted by Crippen LogP contribution is 2.27. The van der Waals surface area contributed by atoms with Crippen molar-refractivity contribution in [2.24, 2.45) is 0 Å². The molecule has 3 aliphatic heterocycles. The fraction of sp³-hybridized carbons (Fsp3) is 0.600. The van der Waals surface area contributed by atoms with E-state index in [1.54, 1.807) is 0 Å². The van der Waals surface area contributed by atoms with E-state index in [0.29, 0.717) is 0 Å². The van der Waals surface area contributed by atoms with E-state index in [-0.39, 0.29) is 22.6 Å². The maximum absolute atomic E-state index is 11.1. The van der Waals surface area contributed by atoms with Gasteiger partial charge in [0.1, 0.15) is 0 Å². The molecule has 0 aromatic rings. The Kier molecular flexibility index (Phi) is 1.72. The van der Waals surface area contributed by atoms with Gasteiger partial charge in [-0.1, -0.05) is 0 Å². The van der Waals surface area contributed by atoms with E-state index in [2.05, 4.69) is 10.6 Å². The second-order valence-corrected chi connectivity index (χ2v) is 4.78. The minimum absolute atomic E-state index is 0.0791. The minimum atomic E-state index is -0.367. The van der Waals surface area contributed by atoms with E-state index >= 15 is 0 Å². The third-order valence-electron chi connectivity index (χ3n) is 1.49. The van der Waals surface area contributed by atoms with Crippen LogP contribution in [0.2, 0.25) is 0 Å². The quantitative estimate of drug-likeness (QED) is 0.531. The number of fused-ring (bicyclic) bond motifs is 4. The van der Waals surface area contributed by atoms with E-state index in [9.17, 15) is 9.59 Å². The monoisotopic (exact) mass is 190 g/mol. The van der Waals surface area contributed by atoms with Crippen LogP contribution in [0.1, 0.15) is 0 Å². The summed E-state index contributed by atoms with van der Waals surface area (Å²) in [4.78, 5) is 22.1. The van der Waals surface area contributed by atoms with Crippen molar-refractivity contribution in [2.45, 2.75) is 10.7 Å². The molecule has 2 amide bonds. The Morgan fingerprint density at radius 1 is 1.09 bits per heavy atom. The highest BCUT2D eigenvalue weighted by molar-refractivity contribution is 8.17. The Hall–Kier alpha value is -0.360.